The van der Waals surface area contributed by atoms with Crippen LogP contribution >= 0.6 is 0 Å². The molecule has 0 spiro atoms. The van der Waals surface area contributed by atoms with Gasteiger partial charge in [-0.15, -0.1) is 0 Å². The van der Waals surface area contributed by atoms with E-state index in [0.717, 1.165) is 19.4 Å². The van der Waals surface area contributed by atoms with Gasteiger partial charge < -0.3 is 4.74 Å². The van der Waals surface area contributed by atoms with Gasteiger partial charge in [-0.25, -0.2) is 0 Å². The Kier molecular flexibility index (Phi) is 5.46. The van der Waals surface area contributed by atoms with Crippen LogP contribution < -0.4 is 11.3 Å². The maximum atomic E-state index is 5.62. The molecule has 0 fully saturated rings. The van der Waals surface area contributed by atoms with E-state index in [9.17, 15) is 0 Å². The molecule has 0 aliphatic rings. The number of hydrogen-bond acceptors (Lipinski definition) is 3. The number of hydrogen-bond donors (Lipinski definition) is 2. The van der Waals surface area contributed by atoms with Crippen molar-refractivity contribution in [3.05, 3.63) is 34.9 Å². The Hall–Kier alpha value is -0.900. The molecule has 0 saturated carbocycles. The fourth-order valence-corrected chi connectivity index (χ4v) is 1.91. The first-order valence-corrected chi connectivity index (χ1v) is 5.72. The highest BCUT2D eigenvalue weighted by molar-refractivity contribution is 5.35. The molecule has 3 nitrogen and oxygen atoms in total. The molecule has 0 heterocycles. The van der Waals surface area contributed by atoms with E-state index in [1.165, 1.54) is 16.7 Å². The normalized spacial score (nSPS) is 12.8. The first-order valence-electron chi connectivity index (χ1n) is 5.72. The second-order valence-corrected chi connectivity index (χ2v) is 4.14. The molecule has 0 radical (unpaired) electrons. The summed E-state index contributed by atoms with van der Waals surface area (Å²) in [6.45, 7) is 5.05. The Morgan fingerprint density at radius 3 is 2.75 bits per heavy atom. The van der Waals surface area contributed by atoms with E-state index < -0.39 is 0 Å². The molecule has 0 bridgehead atoms. The summed E-state index contributed by atoms with van der Waals surface area (Å²) in [5, 5.41) is 0. The van der Waals surface area contributed by atoms with Gasteiger partial charge in [0.05, 0.1) is 0 Å². The Balaban J connectivity index is 2.74. The van der Waals surface area contributed by atoms with E-state index >= 15 is 0 Å². The minimum absolute atomic E-state index is 0.218. The molecule has 1 unspecified atom stereocenters. The first kappa shape index (κ1) is 13.2. The molecule has 1 aromatic carbocycles. The van der Waals surface area contributed by atoms with Gasteiger partial charge in [-0.1, -0.05) is 18.2 Å². The Bertz CT molecular complexity index is 326. The second-order valence-electron chi connectivity index (χ2n) is 4.14. The summed E-state index contributed by atoms with van der Waals surface area (Å²) in [5.74, 6) is 5.62. The van der Waals surface area contributed by atoms with E-state index in [0.29, 0.717) is 0 Å². The molecule has 0 amide bonds. The van der Waals surface area contributed by atoms with Crippen LogP contribution in [0.2, 0.25) is 0 Å². The summed E-state index contributed by atoms with van der Waals surface area (Å²) in [7, 11) is 1.72. The van der Waals surface area contributed by atoms with Gasteiger partial charge in [0.25, 0.3) is 0 Å². The number of benzene rings is 1. The van der Waals surface area contributed by atoms with Crippen molar-refractivity contribution in [3.8, 4) is 0 Å². The summed E-state index contributed by atoms with van der Waals surface area (Å²) in [6.07, 6.45) is 2.01. The van der Waals surface area contributed by atoms with Crippen molar-refractivity contribution in [2.24, 2.45) is 5.84 Å². The van der Waals surface area contributed by atoms with Crippen LogP contribution in [0.25, 0.3) is 0 Å². The number of methoxy groups -OCH3 is 1. The summed E-state index contributed by atoms with van der Waals surface area (Å²) >= 11 is 0. The molecule has 1 atom stereocenters. The van der Waals surface area contributed by atoms with Crippen LogP contribution in [-0.2, 0) is 4.74 Å². The molecular weight excluding hydrogens is 200 g/mol. The maximum absolute atomic E-state index is 5.62. The molecule has 16 heavy (non-hydrogen) atoms. The summed E-state index contributed by atoms with van der Waals surface area (Å²) in [5.41, 5.74) is 6.81. The van der Waals surface area contributed by atoms with Gasteiger partial charge >= 0.3 is 0 Å². The molecule has 0 aliphatic carbocycles. The number of rotatable bonds is 6. The highest BCUT2D eigenvalue weighted by Gasteiger charge is 2.12. The fraction of sp³-hybridized carbons (Fsp3) is 0.538. The lowest BCUT2D eigenvalue weighted by atomic mass is 9.95. The molecular formula is C13H22N2O. The quantitative estimate of drug-likeness (QED) is 0.441. The van der Waals surface area contributed by atoms with Crippen LogP contribution in [0, 0.1) is 13.8 Å². The lowest BCUT2D eigenvalue weighted by Gasteiger charge is -2.19. The predicted octanol–water partition coefficient (Wildman–Crippen LogP) is 2.23. The molecule has 0 saturated heterocycles. The number of nitrogens with one attached hydrogen (secondary N) is 1. The van der Waals surface area contributed by atoms with Crippen molar-refractivity contribution in [2.75, 3.05) is 13.7 Å². The Morgan fingerprint density at radius 1 is 1.38 bits per heavy atom. The number of aryl methyl sites for hydroxylation is 1. The van der Waals surface area contributed by atoms with E-state index in [-0.39, 0.29) is 6.04 Å². The molecule has 0 aromatic heterocycles. The van der Waals surface area contributed by atoms with Crippen LogP contribution in [0.5, 0.6) is 0 Å². The van der Waals surface area contributed by atoms with Crippen LogP contribution in [0.4, 0.5) is 0 Å². The molecule has 1 aromatic rings. The van der Waals surface area contributed by atoms with Crippen molar-refractivity contribution in [3.63, 3.8) is 0 Å². The number of hydrazine groups is 1. The lowest BCUT2D eigenvalue weighted by molar-refractivity contribution is 0.188. The highest BCUT2D eigenvalue weighted by atomic mass is 16.5. The van der Waals surface area contributed by atoms with Crippen LogP contribution in [0.15, 0.2) is 18.2 Å². The van der Waals surface area contributed by atoms with Crippen molar-refractivity contribution in [1.29, 1.82) is 0 Å². The predicted molar refractivity (Wildman–Crippen MR) is 67.1 cm³/mol. The molecule has 3 N–H and O–H groups in total. The van der Waals surface area contributed by atoms with Crippen LogP contribution in [0.1, 0.15) is 35.6 Å². The summed E-state index contributed by atoms with van der Waals surface area (Å²) in [6, 6.07) is 6.56. The van der Waals surface area contributed by atoms with E-state index in [1.807, 2.05) is 0 Å². The average molecular weight is 222 g/mol. The third kappa shape index (κ3) is 3.30. The van der Waals surface area contributed by atoms with Gasteiger partial charge in [-0.3, -0.25) is 11.3 Å². The van der Waals surface area contributed by atoms with Gasteiger partial charge in [0.1, 0.15) is 0 Å². The van der Waals surface area contributed by atoms with Crippen molar-refractivity contribution in [2.45, 2.75) is 32.7 Å². The van der Waals surface area contributed by atoms with Gasteiger partial charge in [0, 0.05) is 19.8 Å². The maximum Gasteiger partial charge on any atom is 0.0463 e. The summed E-state index contributed by atoms with van der Waals surface area (Å²) < 4.78 is 5.06. The first-order chi connectivity index (χ1) is 7.70. The van der Waals surface area contributed by atoms with Crippen molar-refractivity contribution >= 4 is 0 Å². The smallest absolute Gasteiger partial charge is 0.0463 e. The van der Waals surface area contributed by atoms with E-state index in [2.05, 4.69) is 37.5 Å². The molecule has 90 valence electrons. The Labute approximate surface area is 98.0 Å². The van der Waals surface area contributed by atoms with E-state index in [1.54, 1.807) is 7.11 Å². The fourth-order valence-electron chi connectivity index (χ4n) is 1.91. The summed E-state index contributed by atoms with van der Waals surface area (Å²) in [4.78, 5) is 0. The van der Waals surface area contributed by atoms with Crippen molar-refractivity contribution < 1.29 is 4.74 Å². The zero-order valence-corrected chi connectivity index (χ0v) is 10.4. The topological polar surface area (TPSA) is 47.3 Å². The third-order valence-corrected chi connectivity index (χ3v) is 3.06. The zero-order chi connectivity index (χ0) is 12.0. The monoisotopic (exact) mass is 222 g/mol. The van der Waals surface area contributed by atoms with Crippen LogP contribution in [-0.4, -0.2) is 13.7 Å². The standard InChI is InChI=1S/C13H22N2O/c1-10-6-4-7-12(11(10)2)13(15-14)8-5-9-16-3/h4,6-7,13,15H,5,8-9,14H2,1-3H3. The lowest BCUT2D eigenvalue weighted by Crippen LogP contribution is -2.28. The largest absolute Gasteiger partial charge is 0.385 e. The Morgan fingerprint density at radius 2 is 2.12 bits per heavy atom. The van der Waals surface area contributed by atoms with E-state index in [4.69, 9.17) is 10.6 Å². The van der Waals surface area contributed by atoms with Crippen molar-refractivity contribution in [1.82, 2.24) is 5.43 Å². The second kappa shape index (κ2) is 6.63. The minimum atomic E-state index is 0.218. The third-order valence-electron chi connectivity index (χ3n) is 3.06. The molecule has 3 heteroatoms. The molecule has 1 rings (SSSR count). The van der Waals surface area contributed by atoms with Crippen LogP contribution in [0.3, 0.4) is 0 Å². The zero-order valence-electron chi connectivity index (χ0n) is 10.4. The number of ether oxygens (including phenoxy) is 1. The van der Waals surface area contributed by atoms with Gasteiger partial charge in [-0.2, -0.15) is 0 Å². The number of nitrogens with two attached hydrogens (primary N) is 1. The van der Waals surface area contributed by atoms with Gasteiger partial charge in [0.15, 0.2) is 0 Å². The molecule has 0 aliphatic heterocycles. The average Bonchev–Trinajstić information content (AvgIpc) is 2.29. The highest BCUT2D eigenvalue weighted by Crippen LogP contribution is 2.23. The SMILES string of the molecule is COCCCC(NN)c1cccc(C)c1C. The van der Waals surface area contributed by atoms with Gasteiger partial charge in [0.2, 0.25) is 0 Å². The minimum Gasteiger partial charge on any atom is -0.385 e. The van der Waals surface area contributed by atoms with Gasteiger partial charge in [-0.05, 0) is 43.4 Å².